The van der Waals surface area contributed by atoms with Gasteiger partial charge >= 0.3 is 5.97 Å². The van der Waals surface area contributed by atoms with Crippen molar-refractivity contribution < 1.29 is 9.53 Å². The average Bonchev–Trinajstić information content (AvgIpc) is 2.86. The number of hydrogen-bond acceptors (Lipinski definition) is 2. The molecule has 2 nitrogen and oxygen atoms in total. The summed E-state index contributed by atoms with van der Waals surface area (Å²) in [5.41, 5.74) is 3.51. The minimum absolute atomic E-state index is 0.147. The van der Waals surface area contributed by atoms with Gasteiger partial charge in [-0.1, -0.05) is 54.6 Å². The molecule has 0 radical (unpaired) electrons. The Morgan fingerprint density at radius 1 is 0.947 bits per heavy atom. The number of carbonyl (C=O) groups is 1. The fourth-order valence-corrected chi connectivity index (χ4v) is 2.28. The molecule has 3 rings (SSSR count). The van der Waals surface area contributed by atoms with Crippen LogP contribution in [0.4, 0.5) is 0 Å². The molecule has 2 aromatic rings. The van der Waals surface area contributed by atoms with Gasteiger partial charge in [0.2, 0.25) is 0 Å². The molecule has 1 heterocycles. The molecule has 1 unspecified atom stereocenters. The maximum atomic E-state index is 11.4. The number of benzene rings is 2. The van der Waals surface area contributed by atoms with Crippen molar-refractivity contribution in [2.75, 3.05) is 0 Å². The van der Waals surface area contributed by atoms with Gasteiger partial charge in [0.25, 0.3) is 0 Å². The van der Waals surface area contributed by atoms with Crippen molar-refractivity contribution in [3.05, 3.63) is 72.5 Å². The van der Waals surface area contributed by atoms with Gasteiger partial charge in [-0.25, -0.2) is 0 Å². The van der Waals surface area contributed by atoms with Gasteiger partial charge in [-0.05, 0) is 29.2 Å². The number of hydrogen-bond donors (Lipinski definition) is 0. The third-order valence-electron chi connectivity index (χ3n) is 3.29. The lowest BCUT2D eigenvalue weighted by molar-refractivity contribution is -0.138. The number of cyclic esters (lactones) is 1. The van der Waals surface area contributed by atoms with Crippen LogP contribution in [0.5, 0.6) is 0 Å². The minimum Gasteiger partial charge on any atom is -0.434 e. The standard InChI is InChI=1S/C17H14O2/c18-17-16(9-10-19-17)12-13-5-4-8-15(11-13)14-6-2-1-3-7-14/h1-11,16H,12H2. The molecule has 0 N–H and O–H groups in total. The van der Waals surface area contributed by atoms with E-state index in [1.165, 1.54) is 17.4 Å². The van der Waals surface area contributed by atoms with E-state index in [4.69, 9.17) is 4.74 Å². The van der Waals surface area contributed by atoms with Gasteiger partial charge in [0, 0.05) is 0 Å². The molecule has 2 heteroatoms. The van der Waals surface area contributed by atoms with Gasteiger partial charge in [0.05, 0.1) is 12.2 Å². The van der Waals surface area contributed by atoms with E-state index in [-0.39, 0.29) is 11.9 Å². The van der Waals surface area contributed by atoms with Crippen molar-refractivity contribution in [1.29, 1.82) is 0 Å². The van der Waals surface area contributed by atoms with Gasteiger partial charge in [-0.2, -0.15) is 0 Å². The molecule has 0 amide bonds. The summed E-state index contributed by atoms with van der Waals surface area (Å²) in [4.78, 5) is 11.4. The lowest BCUT2D eigenvalue weighted by Crippen LogP contribution is -2.10. The van der Waals surface area contributed by atoms with Crippen LogP contribution in [-0.4, -0.2) is 5.97 Å². The summed E-state index contributed by atoms with van der Waals surface area (Å²) in [5.74, 6) is -0.309. The smallest absolute Gasteiger partial charge is 0.318 e. The van der Waals surface area contributed by atoms with E-state index < -0.39 is 0 Å². The van der Waals surface area contributed by atoms with E-state index in [1.807, 2.05) is 36.4 Å². The highest BCUT2D eigenvalue weighted by Crippen LogP contribution is 2.23. The molecule has 1 aliphatic heterocycles. The van der Waals surface area contributed by atoms with E-state index in [9.17, 15) is 4.79 Å². The first kappa shape index (κ1) is 11.7. The second kappa shape index (κ2) is 5.11. The molecule has 1 atom stereocenters. The van der Waals surface area contributed by atoms with Crippen LogP contribution in [-0.2, 0) is 16.0 Å². The van der Waals surface area contributed by atoms with E-state index in [1.54, 1.807) is 0 Å². The molecule has 0 saturated carbocycles. The zero-order valence-electron chi connectivity index (χ0n) is 10.5. The summed E-state index contributed by atoms with van der Waals surface area (Å²) < 4.78 is 4.83. The van der Waals surface area contributed by atoms with E-state index >= 15 is 0 Å². The monoisotopic (exact) mass is 250 g/mol. The summed E-state index contributed by atoms with van der Waals surface area (Å²) in [6, 6.07) is 18.5. The Morgan fingerprint density at radius 3 is 2.47 bits per heavy atom. The first-order chi connectivity index (χ1) is 9.33. The quantitative estimate of drug-likeness (QED) is 0.778. The Balaban J connectivity index is 1.84. The number of ether oxygens (including phenoxy) is 1. The minimum atomic E-state index is -0.162. The van der Waals surface area contributed by atoms with Crippen molar-refractivity contribution >= 4 is 5.97 Å². The number of rotatable bonds is 3. The lowest BCUT2D eigenvalue weighted by Gasteiger charge is -2.07. The summed E-state index contributed by atoms with van der Waals surface area (Å²) in [5, 5.41) is 0. The summed E-state index contributed by atoms with van der Waals surface area (Å²) in [6.07, 6.45) is 3.99. The largest absolute Gasteiger partial charge is 0.434 e. The highest BCUT2D eigenvalue weighted by molar-refractivity contribution is 5.77. The van der Waals surface area contributed by atoms with Crippen LogP contribution in [0.15, 0.2) is 66.9 Å². The topological polar surface area (TPSA) is 26.3 Å². The van der Waals surface area contributed by atoms with Crippen molar-refractivity contribution in [3.8, 4) is 11.1 Å². The van der Waals surface area contributed by atoms with Crippen LogP contribution in [0, 0.1) is 5.92 Å². The van der Waals surface area contributed by atoms with Gasteiger partial charge in [0.15, 0.2) is 0 Å². The maximum absolute atomic E-state index is 11.4. The van der Waals surface area contributed by atoms with Crippen molar-refractivity contribution in [3.63, 3.8) is 0 Å². The van der Waals surface area contributed by atoms with Crippen LogP contribution >= 0.6 is 0 Å². The normalized spacial score (nSPS) is 17.5. The number of esters is 1. The molecule has 0 aliphatic carbocycles. The molecule has 0 fully saturated rings. The first-order valence-electron chi connectivity index (χ1n) is 6.34. The van der Waals surface area contributed by atoms with Crippen LogP contribution in [0.25, 0.3) is 11.1 Å². The second-order valence-electron chi connectivity index (χ2n) is 4.64. The molecule has 0 aromatic heterocycles. The summed E-state index contributed by atoms with van der Waals surface area (Å²) in [7, 11) is 0. The second-order valence-corrected chi connectivity index (χ2v) is 4.64. The van der Waals surface area contributed by atoms with Crippen molar-refractivity contribution in [1.82, 2.24) is 0 Å². The van der Waals surface area contributed by atoms with Gasteiger partial charge in [-0.15, -0.1) is 0 Å². The molecular weight excluding hydrogens is 236 g/mol. The Bertz CT molecular complexity index is 614. The lowest BCUT2D eigenvalue weighted by atomic mass is 9.96. The van der Waals surface area contributed by atoms with E-state index in [0.29, 0.717) is 6.42 Å². The van der Waals surface area contributed by atoms with E-state index in [2.05, 4.69) is 24.3 Å². The summed E-state index contributed by atoms with van der Waals surface area (Å²) >= 11 is 0. The molecule has 19 heavy (non-hydrogen) atoms. The average molecular weight is 250 g/mol. The number of carbonyl (C=O) groups excluding carboxylic acids is 1. The van der Waals surface area contributed by atoms with Crippen LogP contribution in [0.1, 0.15) is 5.56 Å². The fraction of sp³-hybridized carbons (Fsp3) is 0.118. The molecule has 94 valence electrons. The zero-order valence-corrected chi connectivity index (χ0v) is 10.5. The van der Waals surface area contributed by atoms with Crippen LogP contribution in [0.3, 0.4) is 0 Å². The summed E-state index contributed by atoms with van der Waals surface area (Å²) in [6.45, 7) is 0. The third kappa shape index (κ3) is 2.58. The molecular formula is C17H14O2. The predicted molar refractivity (Wildman–Crippen MR) is 74.3 cm³/mol. The molecule has 1 aliphatic rings. The highest BCUT2D eigenvalue weighted by atomic mass is 16.5. The fourth-order valence-electron chi connectivity index (χ4n) is 2.28. The van der Waals surface area contributed by atoms with Crippen molar-refractivity contribution in [2.24, 2.45) is 5.92 Å². The zero-order chi connectivity index (χ0) is 13.1. The Hall–Kier alpha value is -2.35. The SMILES string of the molecule is O=C1OC=CC1Cc1cccc(-c2ccccc2)c1. The van der Waals surface area contributed by atoms with E-state index in [0.717, 1.165) is 5.56 Å². The molecule has 2 aromatic carbocycles. The van der Waals surface area contributed by atoms with Crippen molar-refractivity contribution in [2.45, 2.75) is 6.42 Å². The van der Waals surface area contributed by atoms with Crippen LogP contribution in [0.2, 0.25) is 0 Å². The maximum Gasteiger partial charge on any atom is 0.318 e. The van der Waals surface area contributed by atoms with Gasteiger partial charge in [-0.3, -0.25) is 4.79 Å². The Kier molecular flexibility index (Phi) is 3.15. The highest BCUT2D eigenvalue weighted by Gasteiger charge is 2.21. The predicted octanol–water partition coefficient (Wildman–Crippen LogP) is 3.58. The molecule has 0 saturated heterocycles. The first-order valence-corrected chi connectivity index (χ1v) is 6.34. The third-order valence-corrected chi connectivity index (χ3v) is 3.29. The molecule has 0 spiro atoms. The Morgan fingerprint density at radius 2 is 1.74 bits per heavy atom. The Labute approximate surface area is 112 Å². The van der Waals surface area contributed by atoms with Crippen LogP contribution < -0.4 is 0 Å². The molecule has 0 bridgehead atoms. The van der Waals surface area contributed by atoms with Gasteiger partial charge < -0.3 is 4.74 Å². The van der Waals surface area contributed by atoms with Gasteiger partial charge in [0.1, 0.15) is 0 Å².